The normalized spacial score (nSPS) is 19.6. The average Bonchev–Trinajstić information content (AvgIpc) is 2.75. The van der Waals surface area contributed by atoms with Gasteiger partial charge in [0.25, 0.3) is 0 Å². The molecule has 4 nitrogen and oxygen atoms in total. The van der Waals surface area contributed by atoms with Gasteiger partial charge in [-0.05, 0) is 40.9 Å². The lowest BCUT2D eigenvalue weighted by Crippen LogP contribution is -2.34. The Morgan fingerprint density at radius 1 is 1.59 bits per heavy atom. The number of aliphatic hydroxyl groups excluding tert-OH is 1. The second kappa shape index (κ2) is 5.06. The second-order valence-corrected chi connectivity index (χ2v) is 5.07. The number of nitrogens with zero attached hydrogens (tertiary/aromatic N) is 1. The summed E-state index contributed by atoms with van der Waals surface area (Å²) < 4.78 is 0.825. The van der Waals surface area contributed by atoms with Gasteiger partial charge in [-0.15, -0.1) is 0 Å². The number of anilines is 1. The Balaban J connectivity index is 2.44. The molecule has 1 fully saturated rings. The van der Waals surface area contributed by atoms with E-state index in [9.17, 15) is 5.11 Å². The minimum absolute atomic E-state index is 0.0519. The van der Waals surface area contributed by atoms with Gasteiger partial charge in [-0.3, -0.25) is 5.41 Å². The molecule has 0 radical (unpaired) electrons. The molecule has 1 aliphatic heterocycles. The van der Waals surface area contributed by atoms with Crippen molar-refractivity contribution in [2.75, 3.05) is 18.1 Å². The first-order chi connectivity index (χ1) is 8.15. The van der Waals surface area contributed by atoms with Gasteiger partial charge in [-0.2, -0.15) is 0 Å². The molecular formula is C12H16BrN3O. The molecule has 5 heteroatoms. The van der Waals surface area contributed by atoms with E-state index in [0.29, 0.717) is 5.56 Å². The first-order valence-corrected chi connectivity index (χ1v) is 6.45. The van der Waals surface area contributed by atoms with Crippen molar-refractivity contribution >= 4 is 27.5 Å². The van der Waals surface area contributed by atoms with Crippen LogP contribution in [0.4, 0.5) is 5.69 Å². The average molecular weight is 298 g/mol. The van der Waals surface area contributed by atoms with Crippen molar-refractivity contribution in [3.8, 4) is 0 Å². The highest BCUT2D eigenvalue weighted by atomic mass is 79.9. The number of nitrogens with one attached hydrogen (secondary N) is 1. The maximum absolute atomic E-state index is 9.36. The van der Waals surface area contributed by atoms with Crippen LogP contribution in [0.25, 0.3) is 0 Å². The van der Waals surface area contributed by atoms with E-state index in [4.69, 9.17) is 11.1 Å². The van der Waals surface area contributed by atoms with Crippen molar-refractivity contribution in [1.29, 1.82) is 5.41 Å². The van der Waals surface area contributed by atoms with Crippen molar-refractivity contribution in [1.82, 2.24) is 0 Å². The lowest BCUT2D eigenvalue weighted by molar-refractivity contribution is 0.266. The largest absolute Gasteiger partial charge is 0.394 e. The van der Waals surface area contributed by atoms with Crippen LogP contribution in [0.5, 0.6) is 0 Å². The van der Waals surface area contributed by atoms with Crippen LogP contribution in [-0.2, 0) is 0 Å². The maximum Gasteiger partial charge on any atom is 0.126 e. The van der Waals surface area contributed by atoms with E-state index in [2.05, 4.69) is 20.8 Å². The summed E-state index contributed by atoms with van der Waals surface area (Å²) in [5.74, 6) is 0.0519. The summed E-state index contributed by atoms with van der Waals surface area (Å²) in [6.07, 6.45) is 2.05. The number of rotatable bonds is 3. The third-order valence-corrected chi connectivity index (χ3v) is 3.82. The third kappa shape index (κ3) is 2.30. The van der Waals surface area contributed by atoms with Crippen LogP contribution in [0.1, 0.15) is 18.4 Å². The number of hydrogen-bond donors (Lipinski definition) is 3. The van der Waals surface area contributed by atoms with Crippen LogP contribution in [0.3, 0.4) is 0 Å². The van der Waals surface area contributed by atoms with Crippen LogP contribution >= 0.6 is 15.9 Å². The predicted octanol–water partition coefficient (Wildman–Crippen LogP) is 1.69. The molecule has 1 atom stereocenters. The Morgan fingerprint density at radius 2 is 2.35 bits per heavy atom. The van der Waals surface area contributed by atoms with E-state index in [1.54, 1.807) is 0 Å². The Morgan fingerprint density at radius 3 is 3.00 bits per heavy atom. The van der Waals surface area contributed by atoms with Gasteiger partial charge >= 0.3 is 0 Å². The van der Waals surface area contributed by atoms with Gasteiger partial charge in [0.05, 0.1) is 18.2 Å². The van der Waals surface area contributed by atoms with Crippen LogP contribution in [0.15, 0.2) is 22.7 Å². The number of halogens is 1. The number of hydrogen-bond acceptors (Lipinski definition) is 3. The molecule has 0 bridgehead atoms. The van der Waals surface area contributed by atoms with Crippen molar-refractivity contribution in [2.45, 2.75) is 18.9 Å². The van der Waals surface area contributed by atoms with E-state index in [1.165, 1.54) is 0 Å². The van der Waals surface area contributed by atoms with Gasteiger partial charge in [-0.1, -0.05) is 6.07 Å². The highest BCUT2D eigenvalue weighted by Crippen LogP contribution is 2.32. The predicted molar refractivity (Wildman–Crippen MR) is 72.6 cm³/mol. The van der Waals surface area contributed by atoms with E-state index >= 15 is 0 Å². The first-order valence-electron chi connectivity index (χ1n) is 5.65. The molecule has 1 aromatic rings. The van der Waals surface area contributed by atoms with Gasteiger partial charge in [0.15, 0.2) is 0 Å². The molecular weight excluding hydrogens is 282 g/mol. The van der Waals surface area contributed by atoms with Gasteiger partial charge in [0.1, 0.15) is 5.84 Å². The number of nitrogens with two attached hydrogens (primary N) is 1. The minimum atomic E-state index is 0.0519. The fourth-order valence-corrected chi connectivity index (χ4v) is 2.93. The molecule has 2 rings (SSSR count). The Kier molecular flexibility index (Phi) is 3.69. The molecule has 4 N–H and O–H groups in total. The van der Waals surface area contributed by atoms with E-state index in [-0.39, 0.29) is 18.5 Å². The van der Waals surface area contributed by atoms with Crippen LogP contribution < -0.4 is 10.6 Å². The van der Waals surface area contributed by atoms with Gasteiger partial charge < -0.3 is 15.7 Å². The minimum Gasteiger partial charge on any atom is -0.394 e. The van der Waals surface area contributed by atoms with Crippen molar-refractivity contribution < 1.29 is 5.11 Å². The summed E-state index contributed by atoms with van der Waals surface area (Å²) in [5, 5.41) is 17.0. The molecule has 1 heterocycles. The number of aliphatic hydroxyl groups is 1. The lowest BCUT2D eigenvalue weighted by Gasteiger charge is -2.27. The Hall–Kier alpha value is -1.07. The summed E-state index contributed by atoms with van der Waals surface area (Å²) in [6, 6.07) is 5.90. The maximum atomic E-state index is 9.36. The summed E-state index contributed by atoms with van der Waals surface area (Å²) in [5.41, 5.74) is 7.28. The number of amidine groups is 1. The first kappa shape index (κ1) is 12.4. The lowest BCUT2D eigenvalue weighted by atomic mass is 10.1. The highest BCUT2D eigenvalue weighted by Gasteiger charge is 2.26. The smallest absolute Gasteiger partial charge is 0.126 e. The molecule has 92 valence electrons. The second-order valence-electron chi connectivity index (χ2n) is 4.22. The van der Waals surface area contributed by atoms with Crippen molar-refractivity contribution in [3.05, 3.63) is 28.2 Å². The molecule has 1 aromatic carbocycles. The zero-order valence-electron chi connectivity index (χ0n) is 9.49. The van der Waals surface area contributed by atoms with Crippen molar-refractivity contribution in [3.63, 3.8) is 0 Å². The molecule has 0 amide bonds. The van der Waals surface area contributed by atoms with Crippen molar-refractivity contribution in [2.24, 2.45) is 5.73 Å². The summed E-state index contributed by atoms with van der Waals surface area (Å²) in [6.45, 7) is 1.05. The standard InChI is InChI=1S/C12H16BrN3O/c13-9-4-1-5-10(11(9)12(14)15)16-6-2-3-8(16)7-17/h1,4-5,8,17H,2-3,6-7H2,(H3,14,15). The Labute approximate surface area is 109 Å². The van der Waals surface area contributed by atoms with Crippen LogP contribution in [0, 0.1) is 5.41 Å². The number of nitrogen functional groups attached to an aromatic ring is 1. The van der Waals surface area contributed by atoms with Gasteiger partial charge in [0, 0.05) is 16.7 Å². The fraction of sp³-hybridized carbons (Fsp3) is 0.417. The zero-order valence-corrected chi connectivity index (χ0v) is 11.1. The van der Waals surface area contributed by atoms with Gasteiger partial charge in [-0.25, -0.2) is 0 Å². The topological polar surface area (TPSA) is 73.3 Å². The summed E-state index contributed by atoms with van der Waals surface area (Å²) in [4.78, 5) is 2.14. The third-order valence-electron chi connectivity index (χ3n) is 3.16. The molecule has 0 saturated carbocycles. The summed E-state index contributed by atoms with van der Waals surface area (Å²) in [7, 11) is 0. The molecule has 1 saturated heterocycles. The fourth-order valence-electron chi connectivity index (χ4n) is 2.36. The van der Waals surface area contributed by atoms with Crippen LogP contribution in [-0.4, -0.2) is 30.1 Å². The monoisotopic (exact) mass is 297 g/mol. The van der Waals surface area contributed by atoms with E-state index in [1.807, 2.05) is 18.2 Å². The highest BCUT2D eigenvalue weighted by molar-refractivity contribution is 9.10. The molecule has 1 aliphatic rings. The van der Waals surface area contributed by atoms with E-state index in [0.717, 1.165) is 29.5 Å². The molecule has 1 unspecified atom stereocenters. The number of benzene rings is 1. The quantitative estimate of drug-likeness (QED) is 0.587. The van der Waals surface area contributed by atoms with Crippen LogP contribution in [0.2, 0.25) is 0 Å². The molecule has 0 aliphatic carbocycles. The molecule has 17 heavy (non-hydrogen) atoms. The van der Waals surface area contributed by atoms with E-state index < -0.39 is 0 Å². The SMILES string of the molecule is N=C(N)c1c(Br)cccc1N1CCCC1CO. The molecule has 0 aromatic heterocycles. The summed E-state index contributed by atoms with van der Waals surface area (Å²) >= 11 is 3.43. The zero-order chi connectivity index (χ0) is 12.4. The Bertz CT molecular complexity index is 436. The van der Waals surface area contributed by atoms with Gasteiger partial charge in [0.2, 0.25) is 0 Å². The molecule has 0 spiro atoms.